The SMILES string of the molecule is NC(=O)c1ccc(C(=O)N2CCC[C@@H]([C@@H]3CC(=O)c4ccccc4O3)C2)c(F)c1. The fraction of sp³-hybridized carbons (Fsp3) is 0.318. The molecule has 2 aliphatic rings. The second-order valence-electron chi connectivity index (χ2n) is 7.49. The van der Waals surface area contributed by atoms with Gasteiger partial charge in [0.25, 0.3) is 5.91 Å². The second-order valence-corrected chi connectivity index (χ2v) is 7.49. The summed E-state index contributed by atoms with van der Waals surface area (Å²) in [5, 5.41) is 0. The number of fused-ring (bicyclic) bond motifs is 1. The van der Waals surface area contributed by atoms with Gasteiger partial charge in [0.2, 0.25) is 5.91 Å². The lowest BCUT2D eigenvalue weighted by Gasteiger charge is -2.38. The molecule has 0 unspecified atom stereocenters. The van der Waals surface area contributed by atoms with E-state index in [4.69, 9.17) is 10.5 Å². The third-order valence-electron chi connectivity index (χ3n) is 5.61. The Morgan fingerprint density at radius 3 is 2.72 bits per heavy atom. The molecule has 4 rings (SSSR count). The Balaban J connectivity index is 1.50. The maximum Gasteiger partial charge on any atom is 0.256 e. The Kier molecular flexibility index (Phi) is 5.05. The number of halogens is 1. The highest BCUT2D eigenvalue weighted by molar-refractivity contribution is 6.00. The lowest BCUT2D eigenvalue weighted by atomic mass is 9.86. The minimum atomic E-state index is -0.772. The molecule has 1 fully saturated rings. The number of benzene rings is 2. The van der Waals surface area contributed by atoms with Gasteiger partial charge in [-0.2, -0.15) is 0 Å². The van der Waals surface area contributed by atoms with Crippen LogP contribution in [0.5, 0.6) is 5.75 Å². The summed E-state index contributed by atoms with van der Waals surface area (Å²) in [5.74, 6) is -1.37. The van der Waals surface area contributed by atoms with Crippen LogP contribution in [0.2, 0.25) is 0 Å². The number of hydrogen-bond donors (Lipinski definition) is 1. The van der Waals surface area contributed by atoms with Gasteiger partial charge in [0.05, 0.1) is 11.1 Å². The smallest absolute Gasteiger partial charge is 0.256 e. The van der Waals surface area contributed by atoms with Crippen molar-refractivity contribution in [2.75, 3.05) is 13.1 Å². The quantitative estimate of drug-likeness (QED) is 0.864. The first kappa shape index (κ1) is 19.1. The molecule has 2 heterocycles. The number of Topliss-reactive ketones (excluding diaryl/α,β-unsaturated/α-hetero) is 1. The first-order chi connectivity index (χ1) is 13.9. The summed E-state index contributed by atoms with van der Waals surface area (Å²) in [6.45, 7) is 0.888. The van der Waals surface area contributed by atoms with Gasteiger partial charge in [0, 0.05) is 31.0 Å². The van der Waals surface area contributed by atoms with Crippen LogP contribution in [-0.2, 0) is 0 Å². The van der Waals surface area contributed by atoms with Crippen LogP contribution in [0, 0.1) is 11.7 Å². The maximum absolute atomic E-state index is 14.4. The number of ether oxygens (including phenoxy) is 1. The van der Waals surface area contributed by atoms with Gasteiger partial charge in [0.15, 0.2) is 5.78 Å². The molecule has 0 spiro atoms. The summed E-state index contributed by atoms with van der Waals surface area (Å²) in [7, 11) is 0. The van der Waals surface area contributed by atoms with E-state index in [1.165, 1.54) is 12.1 Å². The van der Waals surface area contributed by atoms with E-state index < -0.39 is 17.6 Å². The largest absolute Gasteiger partial charge is 0.489 e. The molecule has 0 aliphatic carbocycles. The van der Waals surface area contributed by atoms with E-state index in [-0.39, 0.29) is 35.4 Å². The highest BCUT2D eigenvalue weighted by Crippen LogP contribution is 2.33. The Bertz CT molecular complexity index is 991. The van der Waals surface area contributed by atoms with E-state index in [0.29, 0.717) is 24.4 Å². The zero-order valence-electron chi connectivity index (χ0n) is 15.8. The van der Waals surface area contributed by atoms with Crippen LogP contribution < -0.4 is 10.5 Å². The minimum absolute atomic E-state index is 0.0158. The predicted octanol–water partition coefficient (Wildman–Crippen LogP) is 2.81. The third-order valence-corrected chi connectivity index (χ3v) is 5.61. The molecule has 2 aromatic carbocycles. The van der Waals surface area contributed by atoms with Crippen molar-refractivity contribution in [3.63, 3.8) is 0 Å². The van der Waals surface area contributed by atoms with Crippen LogP contribution in [0.25, 0.3) is 0 Å². The van der Waals surface area contributed by atoms with Gasteiger partial charge in [-0.3, -0.25) is 14.4 Å². The van der Waals surface area contributed by atoms with Crippen molar-refractivity contribution in [1.29, 1.82) is 0 Å². The number of carbonyl (C=O) groups excluding carboxylic acids is 3. The molecule has 6 nitrogen and oxygen atoms in total. The number of hydrogen-bond acceptors (Lipinski definition) is 4. The number of carbonyl (C=O) groups is 3. The van der Waals surface area contributed by atoms with Crippen molar-refractivity contribution in [2.24, 2.45) is 11.7 Å². The van der Waals surface area contributed by atoms with Crippen molar-refractivity contribution >= 4 is 17.6 Å². The van der Waals surface area contributed by atoms with Gasteiger partial charge in [-0.1, -0.05) is 12.1 Å². The fourth-order valence-electron chi connectivity index (χ4n) is 4.07. The fourth-order valence-corrected chi connectivity index (χ4v) is 4.07. The van der Waals surface area contributed by atoms with E-state index in [9.17, 15) is 18.8 Å². The van der Waals surface area contributed by atoms with Crippen molar-refractivity contribution in [3.8, 4) is 5.75 Å². The van der Waals surface area contributed by atoms with Crippen LogP contribution in [0.3, 0.4) is 0 Å². The molecule has 2 amide bonds. The van der Waals surface area contributed by atoms with E-state index in [2.05, 4.69) is 0 Å². The van der Waals surface area contributed by atoms with E-state index in [1.54, 1.807) is 23.1 Å². The average molecular weight is 396 g/mol. The van der Waals surface area contributed by atoms with Gasteiger partial charge in [0.1, 0.15) is 17.7 Å². The number of primary amides is 1. The van der Waals surface area contributed by atoms with Crippen molar-refractivity contribution in [1.82, 2.24) is 4.90 Å². The molecular weight excluding hydrogens is 375 g/mol. The lowest BCUT2D eigenvalue weighted by molar-refractivity contribution is 0.0406. The lowest BCUT2D eigenvalue weighted by Crippen LogP contribution is -2.46. The van der Waals surface area contributed by atoms with E-state index >= 15 is 0 Å². The molecule has 2 aromatic rings. The first-order valence-electron chi connectivity index (χ1n) is 9.61. The molecule has 0 saturated carbocycles. The molecule has 2 aliphatic heterocycles. The number of amides is 2. The number of nitrogens with two attached hydrogens (primary N) is 1. The summed E-state index contributed by atoms with van der Waals surface area (Å²) in [6.07, 6.45) is 1.53. The van der Waals surface area contributed by atoms with E-state index in [1.807, 2.05) is 6.07 Å². The molecule has 0 radical (unpaired) electrons. The van der Waals surface area contributed by atoms with Gasteiger partial charge in [-0.25, -0.2) is 4.39 Å². The minimum Gasteiger partial charge on any atom is -0.489 e. The van der Waals surface area contributed by atoms with Gasteiger partial charge < -0.3 is 15.4 Å². The molecule has 2 atom stereocenters. The third kappa shape index (κ3) is 3.72. The predicted molar refractivity (Wildman–Crippen MR) is 103 cm³/mol. The number of ketones is 1. The van der Waals surface area contributed by atoms with Crippen LogP contribution in [0.4, 0.5) is 4.39 Å². The monoisotopic (exact) mass is 396 g/mol. The number of piperidine rings is 1. The molecule has 1 saturated heterocycles. The molecule has 0 aromatic heterocycles. The average Bonchev–Trinajstić information content (AvgIpc) is 2.73. The molecule has 7 heteroatoms. The maximum atomic E-state index is 14.4. The van der Waals surface area contributed by atoms with Gasteiger partial charge in [-0.15, -0.1) is 0 Å². The van der Waals surface area contributed by atoms with Gasteiger partial charge in [-0.05, 0) is 43.2 Å². The highest BCUT2D eigenvalue weighted by Gasteiger charge is 2.36. The van der Waals surface area contributed by atoms with Crippen LogP contribution >= 0.6 is 0 Å². The standard InChI is InChI=1S/C22H21FN2O4/c23-17-10-13(21(24)27)7-8-15(17)22(28)25-9-3-4-14(12-25)20-11-18(26)16-5-1-2-6-19(16)29-20/h1-2,5-8,10,14,20H,3-4,9,11-12H2,(H2,24,27)/t14-,20+/m1/s1. The summed E-state index contributed by atoms with van der Waals surface area (Å²) in [6, 6.07) is 10.8. The number of likely N-dealkylation sites (tertiary alicyclic amines) is 1. The summed E-state index contributed by atoms with van der Waals surface area (Å²) in [4.78, 5) is 38.1. The normalized spacial score (nSPS) is 21.3. The van der Waals surface area contributed by atoms with E-state index in [0.717, 1.165) is 18.9 Å². The van der Waals surface area contributed by atoms with Crippen LogP contribution in [0.15, 0.2) is 42.5 Å². The molecule has 2 N–H and O–H groups in total. The second kappa shape index (κ2) is 7.66. The number of rotatable bonds is 3. The summed E-state index contributed by atoms with van der Waals surface area (Å²) in [5.41, 5.74) is 5.66. The van der Waals surface area contributed by atoms with Crippen molar-refractivity contribution < 1.29 is 23.5 Å². The topological polar surface area (TPSA) is 89.7 Å². The Morgan fingerprint density at radius 2 is 1.97 bits per heavy atom. The highest BCUT2D eigenvalue weighted by atomic mass is 19.1. The van der Waals surface area contributed by atoms with Crippen molar-refractivity contribution in [3.05, 3.63) is 65.0 Å². The first-order valence-corrected chi connectivity index (χ1v) is 9.61. The molecular formula is C22H21FN2O4. The van der Waals surface area contributed by atoms with Crippen LogP contribution in [0.1, 0.15) is 50.3 Å². The molecule has 150 valence electrons. The summed E-state index contributed by atoms with van der Waals surface area (Å²) < 4.78 is 20.4. The van der Waals surface area contributed by atoms with Crippen molar-refractivity contribution in [2.45, 2.75) is 25.4 Å². The zero-order chi connectivity index (χ0) is 20.5. The zero-order valence-corrected chi connectivity index (χ0v) is 15.8. The molecule has 0 bridgehead atoms. The number of nitrogens with zero attached hydrogens (tertiary/aromatic N) is 1. The van der Waals surface area contributed by atoms with Gasteiger partial charge >= 0.3 is 0 Å². The van der Waals surface area contributed by atoms with Crippen LogP contribution in [-0.4, -0.2) is 41.7 Å². The Labute approximate surface area is 167 Å². The number of para-hydroxylation sites is 1. The molecule has 29 heavy (non-hydrogen) atoms. The Hall–Kier alpha value is -3.22. The Morgan fingerprint density at radius 1 is 1.17 bits per heavy atom. The summed E-state index contributed by atoms with van der Waals surface area (Å²) >= 11 is 0.